The maximum atomic E-state index is 13.5. The highest BCUT2D eigenvalue weighted by molar-refractivity contribution is 7.92. The molecule has 33 heavy (non-hydrogen) atoms. The molecule has 2 aromatic rings. The van der Waals surface area contributed by atoms with Crippen LogP contribution >= 0.6 is 0 Å². The normalized spacial score (nSPS) is 17.8. The Morgan fingerprint density at radius 1 is 1.33 bits per heavy atom. The van der Waals surface area contributed by atoms with Gasteiger partial charge in [0.25, 0.3) is 10.0 Å². The minimum Gasteiger partial charge on any atom is -0.396 e. The predicted molar refractivity (Wildman–Crippen MR) is 119 cm³/mol. The number of aromatic nitrogens is 3. The first-order chi connectivity index (χ1) is 15.3. The predicted octanol–water partition coefficient (Wildman–Crippen LogP) is 3.14. The van der Waals surface area contributed by atoms with Crippen LogP contribution in [0.1, 0.15) is 51.2 Å². The zero-order valence-electron chi connectivity index (χ0n) is 19.4. The molecule has 8 nitrogen and oxygen atoms in total. The van der Waals surface area contributed by atoms with E-state index in [1.54, 1.807) is 12.3 Å². The number of aliphatic hydroxyl groups is 1. The number of hydrogen-bond acceptors (Lipinski definition) is 6. The number of ketones is 1. The number of halogens is 2. The molecule has 0 unspecified atom stereocenters. The number of anilines is 1. The van der Waals surface area contributed by atoms with Gasteiger partial charge in [0.1, 0.15) is 10.7 Å². The van der Waals surface area contributed by atoms with Crippen LogP contribution in [0.2, 0.25) is 0 Å². The number of rotatable bonds is 7. The Morgan fingerprint density at radius 3 is 2.55 bits per heavy atom. The summed E-state index contributed by atoms with van der Waals surface area (Å²) < 4.78 is 54.5. The molecule has 11 heteroatoms. The fourth-order valence-electron chi connectivity index (χ4n) is 3.79. The quantitative estimate of drug-likeness (QED) is 0.647. The number of hydrogen-bond donors (Lipinski definition) is 1. The molecule has 1 aliphatic rings. The van der Waals surface area contributed by atoms with Crippen LogP contribution < -0.4 is 4.31 Å². The SMILES string of the molecule is Cc1nn(C(F)F)cc1S(=O)(=O)N1C[C@@H](CO)Cc2ncc(CC(=O)[C@@H](C)C(C)(C)C)cc21. The van der Waals surface area contributed by atoms with Crippen molar-refractivity contribution in [3.05, 3.63) is 35.4 Å². The van der Waals surface area contributed by atoms with E-state index in [-0.39, 0.29) is 53.0 Å². The van der Waals surface area contributed by atoms with Crippen molar-refractivity contribution in [3.8, 4) is 0 Å². The van der Waals surface area contributed by atoms with Crippen molar-refractivity contribution in [2.75, 3.05) is 17.5 Å². The van der Waals surface area contributed by atoms with Crippen molar-refractivity contribution in [2.45, 2.75) is 58.9 Å². The van der Waals surface area contributed by atoms with E-state index in [2.05, 4.69) is 10.1 Å². The van der Waals surface area contributed by atoms with Crippen LogP contribution in [-0.4, -0.2) is 47.2 Å². The zero-order chi connectivity index (χ0) is 24.7. The number of pyridine rings is 1. The third-order valence-corrected chi connectivity index (χ3v) is 8.12. The minimum atomic E-state index is -4.27. The molecular weight excluding hydrogens is 454 g/mol. The van der Waals surface area contributed by atoms with E-state index in [4.69, 9.17) is 0 Å². The van der Waals surface area contributed by atoms with Crippen LogP contribution in [0.15, 0.2) is 23.4 Å². The van der Waals surface area contributed by atoms with Gasteiger partial charge in [-0.15, -0.1) is 0 Å². The summed E-state index contributed by atoms with van der Waals surface area (Å²) in [5.41, 5.74) is 1.05. The Bertz CT molecular complexity index is 1140. The Labute approximate surface area is 192 Å². The fourth-order valence-corrected chi connectivity index (χ4v) is 5.50. The summed E-state index contributed by atoms with van der Waals surface area (Å²) in [7, 11) is -4.27. The molecule has 0 saturated heterocycles. The third kappa shape index (κ3) is 5.08. The summed E-state index contributed by atoms with van der Waals surface area (Å²) in [5, 5.41) is 13.3. The first-order valence-corrected chi connectivity index (χ1v) is 12.2. The van der Waals surface area contributed by atoms with Gasteiger partial charge in [0, 0.05) is 37.6 Å². The summed E-state index contributed by atoms with van der Waals surface area (Å²) in [6, 6.07) is 1.62. The Morgan fingerprint density at radius 2 is 2.00 bits per heavy atom. The maximum absolute atomic E-state index is 13.5. The molecule has 2 atom stereocenters. The minimum absolute atomic E-state index is 0.0109. The zero-order valence-corrected chi connectivity index (χ0v) is 20.2. The molecule has 0 bridgehead atoms. The summed E-state index contributed by atoms with van der Waals surface area (Å²) in [6.07, 6.45) is 2.82. The lowest BCUT2D eigenvalue weighted by atomic mass is 9.78. The lowest BCUT2D eigenvalue weighted by molar-refractivity contribution is -0.124. The number of alkyl halides is 2. The molecule has 3 rings (SSSR count). The van der Waals surface area contributed by atoms with Gasteiger partial charge in [0.2, 0.25) is 0 Å². The average Bonchev–Trinajstić information content (AvgIpc) is 3.14. The van der Waals surface area contributed by atoms with Crippen molar-refractivity contribution in [1.29, 1.82) is 0 Å². The van der Waals surface area contributed by atoms with Gasteiger partial charge in [-0.25, -0.2) is 13.1 Å². The van der Waals surface area contributed by atoms with Gasteiger partial charge in [-0.2, -0.15) is 13.9 Å². The van der Waals surface area contributed by atoms with E-state index in [1.165, 1.54) is 6.92 Å². The summed E-state index contributed by atoms with van der Waals surface area (Å²) in [4.78, 5) is 16.8. The molecule has 0 fully saturated rings. The first-order valence-electron chi connectivity index (χ1n) is 10.7. The van der Waals surface area contributed by atoms with Gasteiger partial charge in [-0.3, -0.25) is 14.1 Å². The standard InChI is InChI=1S/C22H30F2N4O4S/c1-13(22(3,4)5)19(30)8-15-7-18-17(25-9-15)6-16(12-29)10-28(18)33(31,32)20-11-27(21(23)24)26-14(20)2/h7,9,11,13,16,21,29H,6,8,10,12H2,1-5H3/t13-,16+/m1/s1. The highest BCUT2D eigenvalue weighted by Gasteiger charge is 2.36. The number of aryl methyl sites for hydroxylation is 1. The Hall–Kier alpha value is -2.40. The van der Waals surface area contributed by atoms with E-state index >= 15 is 0 Å². The Balaban J connectivity index is 2.03. The lowest BCUT2D eigenvalue weighted by Gasteiger charge is -2.34. The summed E-state index contributed by atoms with van der Waals surface area (Å²) >= 11 is 0. The highest BCUT2D eigenvalue weighted by atomic mass is 32.2. The molecule has 1 N–H and O–H groups in total. The second kappa shape index (κ2) is 9.09. The van der Waals surface area contributed by atoms with Crippen molar-refractivity contribution >= 4 is 21.5 Å². The number of carbonyl (C=O) groups excluding carboxylic acids is 1. The molecule has 182 valence electrons. The number of aliphatic hydroxyl groups excluding tert-OH is 1. The summed E-state index contributed by atoms with van der Waals surface area (Å²) in [6.45, 7) is 5.87. The van der Waals surface area contributed by atoms with Gasteiger partial charge in [0.05, 0.1) is 23.3 Å². The number of sulfonamides is 1. The van der Waals surface area contributed by atoms with Gasteiger partial charge in [0.15, 0.2) is 0 Å². The number of Topliss-reactive ketones (excluding diaryl/α,β-unsaturated/α-hetero) is 1. The van der Waals surface area contributed by atoms with E-state index in [0.29, 0.717) is 22.4 Å². The number of carbonyl (C=O) groups is 1. The highest BCUT2D eigenvalue weighted by Crippen LogP contribution is 2.35. The fraction of sp³-hybridized carbons (Fsp3) is 0.591. The average molecular weight is 485 g/mol. The van der Waals surface area contributed by atoms with Crippen molar-refractivity contribution < 1.29 is 27.1 Å². The van der Waals surface area contributed by atoms with E-state index < -0.39 is 22.5 Å². The van der Waals surface area contributed by atoms with E-state index in [9.17, 15) is 27.1 Å². The van der Waals surface area contributed by atoms with Gasteiger partial charge >= 0.3 is 6.55 Å². The van der Waals surface area contributed by atoms with Gasteiger partial charge in [-0.05, 0) is 30.4 Å². The van der Waals surface area contributed by atoms with Crippen LogP contribution in [0.4, 0.5) is 14.5 Å². The van der Waals surface area contributed by atoms with Crippen molar-refractivity contribution in [1.82, 2.24) is 14.8 Å². The molecule has 0 radical (unpaired) electrons. The van der Waals surface area contributed by atoms with Crippen LogP contribution in [-0.2, 0) is 27.7 Å². The van der Waals surface area contributed by atoms with Gasteiger partial charge < -0.3 is 5.11 Å². The third-order valence-electron chi connectivity index (χ3n) is 6.24. The molecule has 0 aromatic carbocycles. The monoisotopic (exact) mass is 484 g/mol. The largest absolute Gasteiger partial charge is 0.396 e. The molecule has 3 heterocycles. The lowest BCUT2D eigenvalue weighted by Crippen LogP contribution is -2.41. The summed E-state index contributed by atoms with van der Waals surface area (Å²) in [5.74, 6) is -0.606. The molecule has 1 aliphatic heterocycles. The topological polar surface area (TPSA) is 105 Å². The molecule has 0 spiro atoms. The van der Waals surface area contributed by atoms with Crippen LogP contribution in [0.5, 0.6) is 0 Å². The second-order valence-corrected chi connectivity index (χ2v) is 11.5. The molecule has 0 amide bonds. The van der Waals surface area contributed by atoms with E-state index in [0.717, 1.165) is 10.5 Å². The molecule has 2 aromatic heterocycles. The van der Waals surface area contributed by atoms with E-state index in [1.807, 2.05) is 27.7 Å². The first kappa shape index (κ1) is 25.2. The maximum Gasteiger partial charge on any atom is 0.333 e. The molecular formula is C22H30F2N4O4S. The van der Waals surface area contributed by atoms with Crippen LogP contribution in [0, 0.1) is 24.2 Å². The van der Waals surface area contributed by atoms with Crippen molar-refractivity contribution in [3.63, 3.8) is 0 Å². The van der Waals surface area contributed by atoms with Crippen LogP contribution in [0.3, 0.4) is 0 Å². The number of fused-ring (bicyclic) bond motifs is 1. The number of nitrogens with zero attached hydrogens (tertiary/aromatic N) is 4. The van der Waals surface area contributed by atoms with Crippen molar-refractivity contribution in [2.24, 2.45) is 17.3 Å². The van der Waals surface area contributed by atoms with Gasteiger partial charge in [-0.1, -0.05) is 27.7 Å². The van der Waals surface area contributed by atoms with Crippen LogP contribution in [0.25, 0.3) is 0 Å². The molecule has 0 saturated carbocycles. The second-order valence-electron chi connectivity index (χ2n) is 9.67. The smallest absolute Gasteiger partial charge is 0.333 e. The Kier molecular flexibility index (Phi) is 6.95. The molecule has 0 aliphatic carbocycles.